The van der Waals surface area contributed by atoms with Gasteiger partial charge in [0.1, 0.15) is 0 Å². The minimum Gasteiger partial charge on any atom is -0.302 e. The van der Waals surface area contributed by atoms with Crippen LogP contribution in [-0.2, 0) is 27.7 Å². The van der Waals surface area contributed by atoms with Crippen molar-refractivity contribution in [1.29, 1.82) is 0 Å². The molecule has 1 aliphatic carbocycles. The van der Waals surface area contributed by atoms with Gasteiger partial charge in [-0.25, -0.2) is 13.4 Å². The van der Waals surface area contributed by atoms with Gasteiger partial charge in [-0.15, -0.1) is 11.3 Å². The average Bonchev–Trinajstić information content (AvgIpc) is 3.20. The molecule has 2 aromatic rings. The molecule has 1 aromatic carbocycles. The molecule has 2 heterocycles. The number of benzene rings is 1. The van der Waals surface area contributed by atoms with Crippen LogP contribution in [0.5, 0.6) is 0 Å². The largest absolute Gasteiger partial charge is 0.302 e. The Balaban J connectivity index is 1.55. The smallest absolute Gasteiger partial charge is 0.243 e. The Morgan fingerprint density at radius 1 is 1.22 bits per heavy atom. The fourth-order valence-electron chi connectivity index (χ4n) is 3.99. The lowest BCUT2D eigenvalue weighted by atomic mass is 9.92. The van der Waals surface area contributed by atoms with E-state index in [9.17, 15) is 13.2 Å². The molecule has 4 rings (SSSR count). The quantitative estimate of drug-likeness (QED) is 0.848. The molecule has 0 spiro atoms. The van der Waals surface area contributed by atoms with E-state index in [1.165, 1.54) is 15.6 Å². The van der Waals surface area contributed by atoms with Crippen LogP contribution in [0.15, 0.2) is 34.7 Å². The van der Waals surface area contributed by atoms with Crippen molar-refractivity contribution in [3.63, 3.8) is 0 Å². The van der Waals surface area contributed by atoms with Crippen LogP contribution in [0.4, 0.5) is 5.13 Å². The molecule has 1 fully saturated rings. The van der Waals surface area contributed by atoms with E-state index in [0.29, 0.717) is 29.4 Å². The molecule has 1 atom stereocenters. The first-order chi connectivity index (χ1) is 13.1. The van der Waals surface area contributed by atoms with E-state index in [1.807, 2.05) is 12.1 Å². The summed E-state index contributed by atoms with van der Waals surface area (Å²) in [5.74, 6) is -0.503. The number of hydrogen-bond donors (Lipinski definition) is 1. The molecule has 0 bridgehead atoms. The molecule has 144 valence electrons. The summed E-state index contributed by atoms with van der Waals surface area (Å²) >= 11 is 1.36. The van der Waals surface area contributed by atoms with Gasteiger partial charge in [0.2, 0.25) is 15.9 Å². The van der Waals surface area contributed by atoms with Gasteiger partial charge in [-0.1, -0.05) is 12.1 Å². The fourth-order valence-corrected chi connectivity index (χ4v) is 6.35. The molecular formula is C19H23N3O3S2. The third kappa shape index (κ3) is 3.79. The molecule has 1 aromatic heterocycles. The van der Waals surface area contributed by atoms with Gasteiger partial charge in [-0.3, -0.25) is 4.79 Å². The second-order valence-corrected chi connectivity index (χ2v) is 9.93. The number of rotatable bonds is 4. The first-order valence-electron chi connectivity index (χ1n) is 9.37. The molecular weight excluding hydrogens is 382 g/mol. The molecule has 1 saturated heterocycles. The van der Waals surface area contributed by atoms with Gasteiger partial charge < -0.3 is 5.32 Å². The maximum Gasteiger partial charge on any atom is 0.243 e. The maximum atomic E-state index is 13.3. The molecule has 0 radical (unpaired) electrons. The van der Waals surface area contributed by atoms with Gasteiger partial charge >= 0.3 is 0 Å². The van der Waals surface area contributed by atoms with Crippen LogP contribution in [0.3, 0.4) is 0 Å². The number of piperidine rings is 1. The number of sulfonamides is 1. The topological polar surface area (TPSA) is 79.4 Å². The lowest BCUT2D eigenvalue weighted by Gasteiger charge is -2.32. The first-order valence-corrected chi connectivity index (χ1v) is 11.7. The minimum absolute atomic E-state index is 0.153. The van der Waals surface area contributed by atoms with Crippen LogP contribution in [0.2, 0.25) is 0 Å². The summed E-state index contributed by atoms with van der Waals surface area (Å²) in [6, 6.07) is 5.60. The van der Waals surface area contributed by atoms with Crippen molar-refractivity contribution in [3.05, 3.63) is 40.9 Å². The first kappa shape index (κ1) is 18.6. The number of nitrogens with one attached hydrogen (secondary N) is 1. The molecule has 6 nitrogen and oxygen atoms in total. The molecule has 0 saturated carbocycles. The van der Waals surface area contributed by atoms with Gasteiger partial charge in [-0.2, -0.15) is 4.31 Å². The van der Waals surface area contributed by atoms with Crippen molar-refractivity contribution in [2.75, 3.05) is 18.4 Å². The average molecular weight is 406 g/mol. The normalized spacial score (nSPS) is 20.8. The monoisotopic (exact) mass is 405 g/mol. The molecule has 1 aliphatic heterocycles. The van der Waals surface area contributed by atoms with Crippen LogP contribution in [0.25, 0.3) is 0 Å². The number of hydrogen-bond acceptors (Lipinski definition) is 5. The van der Waals surface area contributed by atoms with Crippen LogP contribution < -0.4 is 5.32 Å². The van der Waals surface area contributed by atoms with Crippen molar-refractivity contribution in [1.82, 2.24) is 9.29 Å². The third-order valence-corrected chi connectivity index (χ3v) is 8.03. The zero-order chi connectivity index (χ0) is 18.9. The lowest BCUT2D eigenvalue weighted by Crippen LogP contribution is -2.44. The number of carbonyl (C=O) groups is 1. The summed E-state index contributed by atoms with van der Waals surface area (Å²) in [5.41, 5.74) is 2.12. The van der Waals surface area contributed by atoms with E-state index in [1.54, 1.807) is 17.6 Å². The molecule has 27 heavy (non-hydrogen) atoms. The predicted octanol–water partition coefficient (Wildman–Crippen LogP) is 3.06. The Labute approximate surface area is 163 Å². The molecule has 1 amide bonds. The SMILES string of the molecule is O=C(Nc1nccs1)C1CCCN(S(=O)(=O)c2cccc3c2CCCC3)C1. The highest BCUT2D eigenvalue weighted by Gasteiger charge is 2.35. The van der Waals surface area contributed by atoms with Crippen LogP contribution in [-0.4, -0.2) is 36.7 Å². The van der Waals surface area contributed by atoms with E-state index in [4.69, 9.17) is 0 Å². The van der Waals surface area contributed by atoms with Crippen LogP contribution in [0.1, 0.15) is 36.8 Å². The van der Waals surface area contributed by atoms with Gasteiger partial charge in [-0.05, 0) is 55.7 Å². The zero-order valence-corrected chi connectivity index (χ0v) is 16.7. The molecule has 1 N–H and O–H groups in total. The fraction of sp³-hybridized carbons (Fsp3) is 0.474. The number of amides is 1. The Kier molecular flexibility index (Phi) is 5.29. The number of carbonyl (C=O) groups excluding carboxylic acids is 1. The summed E-state index contributed by atoms with van der Waals surface area (Å²) in [6.07, 6.45) is 6.90. The van der Waals surface area contributed by atoms with E-state index in [0.717, 1.165) is 36.8 Å². The van der Waals surface area contributed by atoms with E-state index in [-0.39, 0.29) is 18.4 Å². The highest BCUT2D eigenvalue weighted by atomic mass is 32.2. The maximum absolute atomic E-state index is 13.3. The second kappa shape index (κ2) is 7.69. The second-order valence-electron chi connectivity index (χ2n) is 7.13. The van der Waals surface area contributed by atoms with E-state index >= 15 is 0 Å². The highest BCUT2D eigenvalue weighted by molar-refractivity contribution is 7.89. The molecule has 2 aliphatic rings. The summed E-state index contributed by atoms with van der Waals surface area (Å²) < 4.78 is 28.1. The van der Waals surface area contributed by atoms with E-state index < -0.39 is 10.0 Å². The van der Waals surface area contributed by atoms with Crippen molar-refractivity contribution in [2.45, 2.75) is 43.4 Å². The number of aromatic nitrogens is 1. The number of nitrogens with zero attached hydrogens (tertiary/aromatic N) is 2. The van der Waals surface area contributed by atoms with Crippen molar-refractivity contribution in [2.24, 2.45) is 5.92 Å². The summed E-state index contributed by atoms with van der Waals surface area (Å²) in [7, 11) is -3.59. The third-order valence-electron chi connectivity index (χ3n) is 5.39. The zero-order valence-electron chi connectivity index (χ0n) is 15.1. The Morgan fingerprint density at radius 3 is 2.89 bits per heavy atom. The standard InChI is InChI=1S/C19H23N3O3S2/c23-18(21-19-20-10-12-26-19)15-7-4-11-22(13-15)27(24,25)17-9-3-6-14-5-1-2-8-16(14)17/h3,6,9-10,12,15H,1-2,4-5,7-8,11,13H2,(H,20,21,23). The number of fused-ring (bicyclic) bond motifs is 1. The lowest BCUT2D eigenvalue weighted by molar-refractivity contribution is -0.120. The number of thiazole rings is 1. The molecule has 1 unspecified atom stereocenters. The number of aryl methyl sites for hydroxylation is 1. The summed E-state index contributed by atoms with van der Waals surface area (Å²) in [5, 5.41) is 5.15. The van der Waals surface area contributed by atoms with Gasteiger partial charge in [0, 0.05) is 24.7 Å². The highest BCUT2D eigenvalue weighted by Crippen LogP contribution is 2.31. The summed E-state index contributed by atoms with van der Waals surface area (Å²) in [6.45, 7) is 0.691. The Hall–Kier alpha value is -1.77. The van der Waals surface area contributed by atoms with Crippen LogP contribution >= 0.6 is 11.3 Å². The van der Waals surface area contributed by atoms with Crippen molar-refractivity contribution < 1.29 is 13.2 Å². The van der Waals surface area contributed by atoms with Gasteiger partial charge in [0.05, 0.1) is 10.8 Å². The van der Waals surface area contributed by atoms with Crippen molar-refractivity contribution in [3.8, 4) is 0 Å². The minimum atomic E-state index is -3.59. The van der Waals surface area contributed by atoms with Crippen molar-refractivity contribution >= 4 is 32.4 Å². The van der Waals surface area contributed by atoms with Gasteiger partial charge in [0.25, 0.3) is 0 Å². The Bertz CT molecular complexity index is 926. The van der Waals surface area contributed by atoms with Gasteiger partial charge in [0.15, 0.2) is 5.13 Å². The van der Waals surface area contributed by atoms with Crippen LogP contribution in [0, 0.1) is 5.92 Å². The number of anilines is 1. The van der Waals surface area contributed by atoms with E-state index in [2.05, 4.69) is 10.3 Å². The summed E-state index contributed by atoms with van der Waals surface area (Å²) in [4.78, 5) is 17.0. The predicted molar refractivity (Wildman–Crippen MR) is 105 cm³/mol. The Morgan fingerprint density at radius 2 is 2.07 bits per heavy atom. The molecule has 8 heteroatoms.